The van der Waals surface area contributed by atoms with E-state index in [0.29, 0.717) is 5.56 Å². The maximum absolute atomic E-state index is 11.5. The van der Waals surface area contributed by atoms with Crippen LogP contribution >= 0.6 is 0 Å². The van der Waals surface area contributed by atoms with Crippen LogP contribution in [-0.4, -0.2) is 20.9 Å². The molecule has 1 aromatic carbocycles. The first-order valence-electron chi connectivity index (χ1n) is 7.53. The molecule has 0 radical (unpaired) electrons. The van der Waals surface area contributed by atoms with Gasteiger partial charge in [0.2, 0.25) is 0 Å². The minimum absolute atomic E-state index is 0.198. The van der Waals surface area contributed by atoms with Crippen molar-refractivity contribution < 1.29 is 9.90 Å². The van der Waals surface area contributed by atoms with Crippen molar-refractivity contribution in [3.8, 4) is 5.69 Å². The topological polar surface area (TPSA) is 55.1 Å². The number of aromatic carboxylic acids is 1. The Kier molecular flexibility index (Phi) is 4.78. The lowest BCUT2D eigenvalue weighted by molar-refractivity contribution is 0.0695. The zero-order chi connectivity index (χ0) is 15.4. The molecule has 1 heterocycles. The average molecular weight is 286 g/mol. The summed E-state index contributed by atoms with van der Waals surface area (Å²) in [5.74, 6) is -0.708. The third-order valence-corrected chi connectivity index (χ3v) is 4.01. The van der Waals surface area contributed by atoms with Crippen molar-refractivity contribution in [3.63, 3.8) is 0 Å². The predicted molar refractivity (Wildman–Crippen MR) is 83.2 cm³/mol. The molecule has 2 rings (SSSR count). The fraction of sp³-hybridized carbons (Fsp3) is 0.412. The van der Waals surface area contributed by atoms with Gasteiger partial charge in [0.1, 0.15) is 5.56 Å². The van der Waals surface area contributed by atoms with E-state index in [1.54, 1.807) is 0 Å². The Hall–Kier alpha value is -2.10. The average Bonchev–Trinajstić information content (AvgIpc) is 2.93. The van der Waals surface area contributed by atoms with Crippen LogP contribution in [0.5, 0.6) is 0 Å². The van der Waals surface area contributed by atoms with Crippen molar-refractivity contribution in [2.24, 2.45) is 0 Å². The summed E-state index contributed by atoms with van der Waals surface area (Å²) in [6.45, 7) is 6.27. The van der Waals surface area contributed by atoms with E-state index in [4.69, 9.17) is 0 Å². The fourth-order valence-electron chi connectivity index (χ4n) is 2.80. The maximum Gasteiger partial charge on any atom is 0.339 e. The van der Waals surface area contributed by atoms with Crippen LogP contribution in [0.4, 0.5) is 0 Å². The highest BCUT2D eigenvalue weighted by Crippen LogP contribution is 2.29. The Balaban J connectivity index is 2.66. The van der Waals surface area contributed by atoms with Gasteiger partial charge in [-0.25, -0.2) is 9.48 Å². The Bertz CT molecular complexity index is 627. The van der Waals surface area contributed by atoms with Gasteiger partial charge in [0.25, 0.3) is 0 Å². The Morgan fingerprint density at radius 2 is 1.90 bits per heavy atom. The van der Waals surface area contributed by atoms with Crippen LogP contribution in [0.2, 0.25) is 0 Å². The molecule has 0 spiro atoms. The van der Waals surface area contributed by atoms with E-state index in [1.807, 2.05) is 22.9 Å². The predicted octanol–water partition coefficient (Wildman–Crippen LogP) is 4.04. The molecule has 0 aliphatic carbocycles. The highest BCUT2D eigenvalue weighted by molar-refractivity contribution is 5.89. The highest BCUT2D eigenvalue weighted by Gasteiger charge is 2.24. The monoisotopic (exact) mass is 286 g/mol. The van der Waals surface area contributed by atoms with Gasteiger partial charge in [-0.2, -0.15) is 5.10 Å². The molecule has 4 heteroatoms. The molecule has 1 aromatic heterocycles. The lowest BCUT2D eigenvalue weighted by Gasteiger charge is -2.18. The molecule has 0 atom stereocenters. The van der Waals surface area contributed by atoms with Crippen molar-refractivity contribution in [3.05, 3.63) is 47.3 Å². The van der Waals surface area contributed by atoms with E-state index in [-0.39, 0.29) is 5.92 Å². The first-order chi connectivity index (χ1) is 10.1. The van der Waals surface area contributed by atoms with Gasteiger partial charge < -0.3 is 5.11 Å². The molecule has 0 aliphatic heterocycles. The van der Waals surface area contributed by atoms with E-state index >= 15 is 0 Å². The van der Waals surface area contributed by atoms with Crippen LogP contribution < -0.4 is 0 Å². The zero-order valence-corrected chi connectivity index (χ0v) is 12.8. The summed E-state index contributed by atoms with van der Waals surface area (Å²) in [5.41, 5.74) is 3.28. The minimum Gasteiger partial charge on any atom is -0.478 e. The fourth-order valence-corrected chi connectivity index (χ4v) is 2.80. The SMILES string of the molecule is CCc1ccccc1-n1ncc(C(=O)O)c1C(CC)CC. The molecule has 0 unspecified atom stereocenters. The van der Waals surface area contributed by atoms with Gasteiger partial charge >= 0.3 is 5.97 Å². The molecule has 21 heavy (non-hydrogen) atoms. The number of aromatic nitrogens is 2. The summed E-state index contributed by atoms with van der Waals surface area (Å²) in [5, 5.41) is 13.8. The van der Waals surface area contributed by atoms with Crippen LogP contribution in [0.1, 0.15) is 61.1 Å². The van der Waals surface area contributed by atoms with Crippen LogP contribution in [0, 0.1) is 0 Å². The summed E-state index contributed by atoms with van der Waals surface area (Å²) in [6, 6.07) is 8.03. The minimum atomic E-state index is -0.905. The summed E-state index contributed by atoms with van der Waals surface area (Å²) >= 11 is 0. The zero-order valence-electron chi connectivity index (χ0n) is 12.8. The summed E-state index contributed by atoms with van der Waals surface area (Å²) in [7, 11) is 0. The third-order valence-electron chi connectivity index (χ3n) is 4.01. The summed E-state index contributed by atoms with van der Waals surface area (Å²) in [4.78, 5) is 11.5. The molecule has 4 nitrogen and oxygen atoms in total. The van der Waals surface area contributed by atoms with E-state index in [1.165, 1.54) is 11.8 Å². The second kappa shape index (κ2) is 6.57. The number of rotatable bonds is 6. The normalized spacial score (nSPS) is 11.0. The molecular weight excluding hydrogens is 264 g/mol. The lowest BCUT2D eigenvalue weighted by atomic mass is 9.95. The number of carboxylic acids is 1. The molecule has 0 saturated heterocycles. The first-order valence-corrected chi connectivity index (χ1v) is 7.53. The van der Waals surface area contributed by atoms with Gasteiger partial charge in [-0.05, 0) is 30.9 Å². The molecule has 1 N–H and O–H groups in total. The molecule has 0 bridgehead atoms. The number of carboxylic acid groups (broad SMARTS) is 1. The Morgan fingerprint density at radius 3 is 2.48 bits per heavy atom. The van der Waals surface area contributed by atoms with Crippen molar-refractivity contribution in [2.45, 2.75) is 46.0 Å². The number of carbonyl (C=O) groups is 1. The first kappa shape index (κ1) is 15.3. The number of hydrogen-bond acceptors (Lipinski definition) is 2. The molecule has 0 saturated carbocycles. The van der Waals surface area contributed by atoms with Gasteiger partial charge in [-0.1, -0.05) is 39.0 Å². The maximum atomic E-state index is 11.5. The number of aryl methyl sites for hydroxylation is 1. The largest absolute Gasteiger partial charge is 0.478 e. The van der Waals surface area contributed by atoms with E-state index in [0.717, 1.165) is 30.6 Å². The van der Waals surface area contributed by atoms with Crippen molar-refractivity contribution in [1.29, 1.82) is 0 Å². The third kappa shape index (κ3) is 2.84. The van der Waals surface area contributed by atoms with E-state index in [2.05, 4.69) is 31.9 Å². The molecule has 112 valence electrons. The number of hydrogen-bond donors (Lipinski definition) is 1. The molecule has 0 fully saturated rings. The Morgan fingerprint density at radius 1 is 1.24 bits per heavy atom. The smallest absolute Gasteiger partial charge is 0.339 e. The van der Waals surface area contributed by atoms with E-state index < -0.39 is 5.97 Å². The molecule has 0 amide bonds. The summed E-state index contributed by atoms with van der Waals surface area (Å²) < 4.78 is 1.82. The van der Waals surface area contributed by atoms with Crippen LogP contribution in [0.15, 0.2) is 30.5 Å². The van der Waals surface area contributed by atoms with Gasteiger partial charge in [-0.15, -0.1) is 0 Å². The standard InChI is InChI=1S/C17H22N2O2/c1-4-12(5-2)16-14(17(20)21)11-18-19(16)15-10-8-7-9-13(15)6-3/h7-12H,4-6H2,1-3H3,(H,20,21). The van der Waals surface area contributed by atoms with E-state index in [9.17, 15) is 9.90 Å². The second-order valence-corrected chi connectivity index (χ2v) is 5.16. The lowest BCUT2D eigenvalue weighted by Crippen LogP contribution is -2.12. The van der Waals surface area contributed by atoms with Crippen molar-refractivity contribution in [1.82, 2.24) is 9.78 Å². The quantitative estimate of drug-likeness (QED) is 0.872. The Labute approximate surface area is 125 Å². The van der Waals surface area contributed by atoms with Gasteiger partial charge in [0.15, 0.2) is 0 Å². The number of para-hydroxylation sites is 1. The van der Waals surface area contributed by atoms with Crippen molar-refractivity contribution in [2.75, 3.05) is 0 Å². The molecular formula is C17H22N2O2. The molecule has 2 aromatic rings. The van der Waals surface area contributed by atoms with Crippen LogP contribution in [-0.2, 0) is 6.42 Å². The number of nitrogens with zero attached hydrogens (tertiary/aromatic N) is 2. The van der Waals surface area contributed by atoms with Gasteiger partial charge in [-0.3, -0.25) is 0 Å². The molecule has 0 aliphatic rings. The van der Waals surface area contributed by atoms with Crippen LogP contribution in [0.25, 0.3) is 5.69 Å². The van der Waals surface area contributed by atoms with Crippen molar-refractivity contribution >= 4 is 5.97 Å². The number of benzene rings is 1. The highest BCUT2D eigenvalue weighted by atomic mass is 16.4. The van der Waals surface area contributed by atoms with Gasteiger partial charge in [0.05, 0.1) is 17.6 Å². The van der Waals surface area contributed by atoms with Gasteiger partial charge in [0, 0.05) is 5.92 Å². The summed E-state index contributed by atoms with van der Waals surface area (Å²) in [6.07, 6.45) is 4.16. The van der Waals surface area contributed by atoms with Crippen LogP contribution in [0.3, 0.4) is 0 Å². The second-order valence-electron chi connectivity index (χ2n) is 5.16.